The number of fused-ring (bicyclic) bond motifs is 2. The molecule has 1 amide bonds. The van der Waals surface area contributed by atoms with E-state index in [1.54, 1.807) is 6.20 Å². The molecule has 5 rings (SSSR count). The summed E-state index contributed by atoms with van der Waals surface area (Å²) in [5.41, 5.74) is 11.0. The summed E-state index contributed by atoms with van der Waals surface area (Å²) in [5, 5.41) is 6.53. The molecule has 1 aliphatic rings. The van der Waals surface area contributed by atoms with Crippen LogP contribution in [0.2, 0.25) is 5.02 Å². The van der Waals surface area contributed by atoms with Crippen molar-refractivity contribution in [2.75, 3.05) is 12.3 Å². The van der Waals surface area contributed by atoms with Gasteiger partial charge in [-0.2, -0.15) is 0 Å². The van der Waals surface area contributed by atoms with Gasteiger partial charge in [0.1, 0.15) is 0 Å². The largest absolute Gasteiger partial charge is 0.398 e. The highest BCUT2D eigenvalue weighted by Crippen LogP contribution is 2.25. The topological polar surface area (TPSA) is 87.0 Å². The van der Waals surface area contributed by atoms with Gasteiger partial charge in [-0.1, -0.05) is 44.0 Å². The lowest BCUT2D eigenvalue weighted by atomic mass is 9.95. The van der Waals surface area contributed by atoms with Crippen molar-refractivity contribution in [3.05, 3.63) is 71.0 Å². The van der Waals surface area contributed by atoms with Crippen LogP contribution in [0.15, 0.2) is 54.7 Å². The zero-order valence-corrected chi connectivity index (χ0v) is 21.7. The van der Waals surface area contributed by atoms with Gasteiger partial charge in [0.15, 0.2) is 0 Å². The Morgan fingerprint density at radius 3 is 2.92 bits per heavy atom. The lowest BCUT2D eigenvalue weighted by Crippen LogP contribution is -2.45. The van der Waals surface area contributed by atoms with E-state index in [0.29, 0.717) is 12.5 Å². The fraction of sp³-hybridized carbons (Fsp3) is 0.379. The Labute approximate surface area is 217 Å². The molecule has 2 aromatic heterocycles. The standard InChI is InChI=1S/C29H34ClN5O/c1-3-18(2)12-22(16-23-15-20-14-21(30)5-7-26(20)33-23)34-27-9-11-35(29(27)36)17-19-4-6-24-25(31)8-10-32-28(24)13-19/h4-8,10,13-15,18,22,27,33-34H,3,9,11-12,16-17H2,1-2H3,(H2,31,32)/t18?,22?,27-/m1/s1. The molecule has 3 heterocycles. The molecule has 36 heavy (non-hydrogen) atoms. The molecule has 6 nitrogen and oxygen atoms in total. The van der Waals surface area contributed by atoms with Gasteiger partial charge in [0, 0.05) is 64.4 Å². The molecule has 2 unspecified atom stereocenters. The average molecular weight is 504 g/mol. The molecule has 0 saturated carbocycles. The molecule has 1 fully saturated rings. The Hall–Kier alpha value is -3.09. The van der Waals surface area contributed by atoms with Crippen LogP contribution in [-0.2, 0) is 17.8 Å². The van der Waals surface area contributed by atoms with Gasteiger partial charge in [-0.15, -0.1) is 0 Å². The van der Waals surface area contributed by atoms with E-state index in [2.05, 4.69) is 35.2 Å². The zero-order chi connectivity index (χ0) is 25.2. The van der Waals surface area contributed by atoms with Crippen LogP contribution in [-0.4, -0.2) is 39.4 Å². The molecule has 2 aromatic carbocycles. The van der Waals surface area contributed by atoms with Crippen LogP contribution in [0.25, 0.3) is 21.8 Å². The molecule has 0 spiro atoms. The maximum atomic E-state index is 13.4. The number of nitrogens with one attached hydrogen (secondary N) is 2. The van der Waals surface area contributed by atoms with Gasteiger partial charge >= 0.3 is 0 Å². The van der Waals surface area contributed by atoms with Gasteiger partial charge in [-0.25, -0.2) is 0 Å². The first kappa shape index (κ1) is 24.6. The van der Waals surface area contributed by atoms with E-state index in [0.717, 1.165) is 70.3 Å². The number of amides is 1. The lowest BCUT2D eigenvalue weighted by molar-refractivity contribution is -0.130. The summed E-state index contributed by atoms with van der Waals surface area (Å²) in [4.78, 5) is 23.3. The number of pyridine rings is 1. The van der Waals surface area contributed by atoms with E-state index in [9.17, 15) is 4.79 Å². The first-order valence-electron chi connectivity index (χ1n) is 12.8. The van der Waals surface area contributed by atoms with Gasteiger partial charge in [0.25, 0.3) is 0 Å². The van der Waals surface area contributed by atoms with Crippen LogP contribution in [0.4, 0.5) is 5.69 Å². The summed E-state index contributed by atoms with van der Waals surface area (Å²) in [6.45, 7) is 5.84. The molecule has 1 saturated heterocycles. The highest BCUT2D eigenvalue weighted by atomic mass is 35.5. The van der Waals surface area contributed by atoms with Gasteiger partial charge in [-0.05, 0) is 60.7 Å². The molecule has 1 aliphatic heterocycles. The van der Waals surface area contributed by atoms with Crippen molar-refractivity contribution in [3.8, 4) is 0 Å². The molecule has 3 atom stereocenters. The number of aromatic nitrogens is 2. The Morgan fingerprint density at radius 1 is 1.22 bits per heavy atom. The van der Waals surface area contributed by atoms with Crippen molar-refractivity contribution in [1.82, 2.24) is 20.2 Å². The third kappa shape index (κ3) is 5.35. The highest BCUT2D eigenvalue weighted by molar-refractivity contribution is 6.31. The normalized spacial score (nSPS) is 17.8. The maximum absolute atomic E-state index is 13.4. The van der Waals surface area contributed by atoms with Crippen LogP contribution in [0.1, 0.15) is 44.4 Å². The number of rotatable bonds is 9. The quantitative estimate of drug-likeness (QED) is 0.274. The monoisotopic (exact) mass is 503 g/mol. The number of nitrogens with two attached hydrogens (primary N) is 1. The van der Waals surface area contributed by atoms with Gasteiger partial charge in [0.2, 0.25) is 5.91 Å². The van der Waals surface area contributed by atoms with Crippen molar-refractivity contribution in [2.24, 2.45) is 5.92 Å². The third-order valence-electron chi connectivity index (χ3n) is 7.44. The summed E-state index contributed by atoms with van der Waals surface area (Å²) in [6.07, 6.45) is 5.52. The number of carbonyl (C=O) groups is 1. The SMILES string of the molecule is CCC(C)CC(Cc1cc2cc(Cl)ccc2[nH]1)N[C@@H]1CCN(Cc2ccc3c(N)ccnc3c2)C1=O. The van der Waals surface area contributed by atoms with Crippen LogP contribution in [0.5, 0.6) is 0 Å². The number of aromatic amines is 1. The minimum atomic E-state index is -0.160. The number of nitrogen functional groups attached to an aromatic ring is 1. The molecule has 188 valence electrons. The van der Waals surface area contributed by atoms with E-state index < -0.39 is 0 Å². The smallest absolute Gasteiger partial charge is 0.240 e. The fourth-order valence-corrected chi connectivity index (χ4v) is 5.45. The van der Waals surface area contributed by atoms with Crippen LogP contribution in [0, 0.1) is 5.92 Å². The van der Waals surface area contributed by atoms with Crippen LogP contribution >= 0.6 is 11.6 Å². The van der Waals surface area contributed by atoms with E-state index in [4.69, 9.17) is 17.3 Å². The number of benzene rings is 2. The van der Waals surface area contributed by atoms with Crippen molar-refractivity contribution >= 4 is 45.0 Å². The first-order chi connectivity index (χ1) is 17.4. The second-order valence-electron chi connectivity index (χ2n) is 10.2. The predicted octanol–water partition coefficient (Wildman–Crippen LogP) is 5.69. The summed E-state index contributed by atoms with van der Waals surface area (Å²) >= 11 is 6.18. The van der Waals surface area contributed by atoms with Crippen molar-refractivity contribution in [2.45, 2.75) is 58.2 Å². The van der Waals surface area contributed by atoms with Crippen molar-refractivity contribution < 1.29 is 4.79 Å². The number of nitrogens with zero attached hydrogens (tertiary/aromatic N) is 2. The summed E-state index contributed by atoms with van der Waals surface area (Å²) in [6, 6.07) is 16.0. The predicted molar refractivity (Wildman–Crippen MR) is 148 cm³/mol. The number of likely N-dealkylation sites (tertiary alicyclic amines) is 1. The number of carbonyl (C=O) groups excluding carboxylic acids is 1. The van der Waals surface area contributed by atoms with Crippen molar-refractivity contribution in [3.63, 3.8) is 0 Å². The molecular weight excluding hydrogens is 470 g/mol. The minimum absolute atomic E-state index is 0.160. The third-order valence-corrected chi connectivity index (χ3v) is 7.67. The summed E-state index contributed by atoms with van der Waals surface area (Å²) in [5.74, 6) is 0.750. The number of hydrogen-bond acceptors (Lipinski definition) is 4. The number of halogens is 1. The zero-order valence-electron chi connectivity index (χ0n) is 20.9. The molecule has 0 radical (unpaired) electrons. The van der Waals surface area contributed by atoms with E-state index >= 15 is 0 Å². The van der Waals surface area contributed by atoms with E-state index in [1.165, 1.54) is 5.69 Å². The fourth-order valence-electron chi connectivity index (χ4n) is 5.27. The number of anilines is 1. The van der Waals surface area contributed by atoms with E-state index in [-0.39, 0.29) is 18.0 Å². The number of H-pyrrole nitrogens is 1. The van der Waals surface area contributed by atoms with Gasteiger partial charge in [0.05, 0.1) is 11.6 Å². The highest BCUT2D eigenvalue weighted by Gasteiger charge is 2.33. The molecule has 7 heteroatoms. The Kier molecular flexibility index (Phi) is 7.17. The second-order valence-corrected chi connectivity index (χ2v) is 10.6. The van der Waals surface area contributed by atoms with Gasteiger partial charge < -0.3 is 20.9 Å². The van der Waals surface area contributed by atoms with Crippen molar-refractivity contribution in [1.29, 1.82) is 0 Å². The minimum Gasteiger partial charge on any atom is -0.398 e. The summed E-state index contributed by atoms with van der Waals surface area (Å²) in [7, 11) is 0. The Balaban J connectivity index is 1.27. The lowest BCUT2D eigenvalue weighted by Gasteiger charge is -2.25. The number of hydrogen-bond donors (Lipinski definition) is 3. The average Bonchev–Trinajstić information content (AvgIpc) is 3.41. The maximum Gasteiger partial charge on any atom is 0.240 e. The van der Waals surface area contributed by atoms with Gasteiger partial charge in [-0.3, -0.25) is 9.78 Å². The first-order valence-corrected chi connectivity index (χ1v) is 13.2. The molecule has 4 aromatic rings. The molecular formula is C29H34ClN5O. The molecule has 4 N–H and O–H groups in total. The second kappa shape index (κ2) is 10.5. The molecule has 0 aliphatic carbocycles. The Morgan fingerprint density at radius 2 is 2.08 bits per heavy atom. The Bertz CT molecular complexity index is 1380. The van der Waals surface area contributed by atoms with Crippen LogP contribution in [0.3, 0.4) is 0 Å². The van der Waals surface area contributed by atoms with Crippen LogP contribution < -0.4 is 11.1 Å². The molecule has 0 bridgehead atoms. The summed E-state index contributed by atoms with van der Waals surface area (Å²) < 4.78 is 0. The van der Waals surface area contributed by atoms with E-state index in [1.807, 2.05) is 47.4 Å².